The van der Waals surface area contributed by atoms with Gasteiger partial charge in [-0.1, -0.05) is 0 Å². The number of rotatable bonds is 8. The topological polar surface area (TPSA) is 97.2 Å². The normalized spacial score (nSPS) is 13.6. The lowest BCUT2D eigenvalue weighted by Gasteiger charge is -2.13. The van der Waals surface area contributed by atoms with Crippen molar-refractivity contribution in [3.63, 3.8) is 0 Å². The summed E-state index contributed by atoms with van der Waals surface area (Å²) in [5, 5.41) is 14.4. The molecule has 1 aliphatic rings. The van der Waals surface area contributed by atoms with Gasteiger partial charge in [0.05, 0.1) is 23.8 Å². The molecule has 2 N–H and O–H groups in total. The van der Waals surface area contributed by atoms with Crippen LogP contribution >= 0.6 is 11.8 Å². The quantitative estimate of drug-likeness (QED) is 0.413. The van der Waals surface area contributed by atoms with E-state index in [1.807, 2.05) is 6.07 Å². The number of alkyl halides is 2. The number of amides is 1. The number of anilines is 1. The van der Waals surface area contributed by atoms with E-state index < -0.39 is 12.5 Å². The number of hydrogen-bond acceptors (Lipinski definition) is 6. The van der Waals surface area contributed by atoms with Crippen molar-refractivity contribution in [3.05, 3.63) is 65.9 Å². The summed E-state index contributed by atoms with van der Waals surface area (Å²) in [4.78, 5) is 18.0. The minimum absolute atomic E-state index is 0.0962. The van der Waals surface area contributed by atoms with Crippen LogP contribution in [0.3, 0.4) is 0 Å². The fourth-order valence-electron chi connectivity index (χ4n) is 3.28. The molecule has 0 radical (unpaired) electrons. The Labute approximate surface area is 185 Å². The van der Waals surface area contributed by atoms with E-state index in [4.69, 9.17) is 4.74 Å². The molecule has 0 spiro atoms. The van der Waals surface area contributed by atoms with Crippen LogP contribution in [0.4, 0.5) is 14.5 Å². The molecule has 164 valence electrons. The molecular formula is C21H18F2N6O2S. The Balaban J connectivity index is 1.39. The Kier molecular flexibility index (Phi) is 5.48. The number of aromatic amines is 1. The Morgan fingerprint density at radius 2 is 2.22 bits per heavy atom. The van der Waals surface area contributed by atoms with E-state index in [1.165, 1.54) is 16.9 Å². The molecule has 1 fully saturated rings. The number of benzene rings is 1. The van der Waals surface area contributed by atoms with Gasteiger partial charge in [0.25, 0.3) is 5.91 Å². The minimum Gasteiger partial charge on any atom is -0.435 e. The van der Waals surface area contributed by atoms with Gasteiger partial charge in [-0.15, -0.1) is 11.8 Å². The molecule has 1 amide bonds. The van der Waals surface area contributed by atoms with E-state index in [0.717, 1.165) is 17.7 Å². The molecule has 1 saturated carbocycles. The molecule has 0 saturated heterocycles. The van der Waals surface area contributed by atoms with Crippen molar-refractivity contribution in [2.24, 2.45) is 0 Å². The fraction of sp³-hybridized carbons (Fsp3) is 0.238. The van der Waals surface area contributed by atoms with Gasteiger partial charge in [0.15, 0.2) is 5.65 Å². The Hall–Kier alpha value is -3.47. The Morgan fingerprint density at radius 3 is 3.03 bits per heavy atom. The third kappa shape index (κ3) is 4.42. The van der Waals surface area contributed by atoms with Crippen LogP contribution in [0.15, 0.2) is 53.9 Å². The highest BCUT2D eigenvalue weighted by molar-refractivity contribution is 8.00. The maximum Gasteiger partial charge on any atom is 0.387 e. The number of aromatic nitrogens is 5. The molecule has 0 bridgehead atoms. The monoisotopic (exact) mass is 456 g/mol. The number of hydrogen-bond donors (Lipinski definition) is 2. The predicted octanol–water partition coefficient (Wildman–Crippen LogP) is 4.15. The van der Waals surface area contributed by atoms with Gasteiger partial charge in [-0.25, -0.2) is 9.50 Å². The van der Waals surface area contributed by atoms with Crippen molar-refractivity contribution in [1.82, 2.24) is 24.8 Å². The summed E-state index contributed by atoms with van der Waals surface area (Å²) in [7, 11) is 0. The first-order valence-corrected chi connectivity index (χ1v) is 10.8. The van der Waals surface area contributed by atoms with Crippen molar-refractivity contribution in [2.75, 3.05) is 5.32 Å². The van der Waals surface area contributed by atoms with Gasteiger partial charge in [0.2, 0.25) is 0 Å². The number of nitrogens with one attached hydrogen (secondary N) is 2. The third-order valence-corrected chi connectivity index (χ3v) is 6.26. The number of carbonyl (C=O) groups is 1. The molecule has 5 rings (SSSR count). The zero-order chi connectivity index (χ0) is 22.1. The van der Waals surface area contributed by atoms with Crippen molar-refractivity contribution < 1.29 is 18.3 Å². The van der Waals surface area contributed by atoms with Crippen molar-refractivity contribution in [1.29, 1.82) is 0 Å². The van der Waals surface area contributed by atoms with E-state index in [-0.39, 0.29) is 12.2 Å². The highest BCUT2D eigenvalue weighted by Crippen LogP contribution is 2.40. The lowest BCUT2D eigenvalue weighted by molar-refractivity contribution is -0.0504. The molecule has 11 heteroatoms. The van der Waals surface area contributed by atoms with Crippen LogP contribution in [0.2, 0.25) is 0 Å². The van der Waals surface area contributed by atoms with E-state index in [9.17, 15) is 13.6 Å². The molecule has 0 unspecified atom stereocenters. The van der Waals surface area contributed by atoms with Gasteiger partial charge in [-0.05, 0) is 37.1 Å². The third-order valence-electron chi connectivity index (χ3n) is 4.93. The number of halogens is 2. The van der Waals surface area contributed by atoms with Gasteiger partial charge in [-0.2, -0.15) is 19.0 Å². The highest BCUT2D eigenvalue weighted by atomic mass is 32.2. The number of nitrogens with zero attached hydrogens (tertiary/aromatic N) is 4. The van der Waals surface area contributed by atoms with Crippen LogP contribution in [0.1, 0.15) is 34.5 Å². The largest absolute Gasteiger partial charge is 0.435 e. The second-order valence-corrected chi connectivity index (χ2v) is 8.68. The number of H-pyrrole nitrogens is 1. The van der Waals surface area contributed by atoms with E-state index in [0.29, 0.717) is 33.4 Å². The van der Waals surface area contributed by atoms with E-state index >= 15 is 0 Å². The van der Waals surface area contributed by atoms with E-state index in [1.54, 1.807) is 42.4 Å². The first-order valence-electron chi connectivity index (χ1n) is 9.93. The lowest BCUT2D eigenvalue weighted by Crippen LogP contribution is -2.13. The zero-order valence-corrected chi connectivity index (χ0v) is 17.5. The average molecular weight is 456 g/mol. The van der Waals surface area contributed by atoms with Gasteiger partial charge in [0, 0.05) is 34.5 Å². The molecule has 0 atom stereocenters. The van der Waals surface area contributed by atoms with E-state index in [2.05, 4.69) is 25.6 Å². The van der Waals surface area contributed by atoms with Crippen LogP contribution in [-0.4, -0.2) is 42.6 Å². The van der Waals surface area contributed by atoms with Crippen LogP contribution in [0.25, 0.3) is 5.65 Å². The summed E-state index contributed by atoms with van der Waals surface area (Å²) >= 11 is 1.72. The summed E-state index contributed by atoms with van der Waals surface area (Å²) < 4.78 is 32.1. The Morgan fingerprint density at radius 1 is 1.34 bits per heavy atom. The minimum atomic E-state index is -2.93. The van der Waals surface area contributed by atoms with Crippen LogP contribution in [-0.2, 0) is 6.42 Å². The number of fused-ring (bicyclic) bond motifs is 1. The van der Waals surface area contributed by atoms with Gasteiger partial charge >= 0.3 is 6.61 Å². The summed E-state index contributed by atoms with van der Waals surface area (Å²) in [6.45, 7) is -2.93. The zero-order valence-electron chi connectivity index (χ0n) is 16.7. The van der Waals surface area contributed by atoms with Crippen LogP contribution < -0.4 is 10.1 Å². The molecule has 8 nitrogen and oxygen atoms in total. The maximum atomic E-state index is 12.9. The first-order chi connectivity index (χ1) is 15.6. The molecule has 0 aliphatic heterocycles. The van der Waals surface area contributed by atoms with Crippen molar-refractivity contribution in [2.45, 2.75) is 36.0 Å². The standard InChI is InChI=1S/C21H18F2N6O2S/c22-21(23)31-18-5-4-14(32-13-2-3-13)8-12(18)9-16-17(11-25-28-16)27-20(30)15-10-26-29-7-1-6-24-19(15)29/h1,4-8,10-11,13,21H,2-3,9H2,(H,25,28)(H,27,30). The highest BCUT2D eigenvalue weighted by Gasteiger charge is 2.23. The summed E-state index contributed by atoms with van der Waals surface area (Å²) in [6.07, 6.45) is 8.72. The average Bonchev–Trinajstić information content (AvgIpc) is 3.31. The molecule has 3 aromatic heterocycles. The molecule has 32 heavy (non-hydrogen) atoms. The van der Waals surface area contributed by atoms with Gasteiger partial charge in [0.1, 0.15) is 11.3 Å². The van der Waals surface area contributed by atoms with Crippen molar-refractivity contribution >= 4 is 29.0 Å². The SMILES string of the molecule is O=C(Nc1cn[nH]c1Cc1cc(SC2CC2)ccc1OC(F)F)c1cnn2cccnc12. The lowest BCUT2D eigenvalue weighted by atomic mass is 10.1. The predicted molar refractivity (Wildman–Crippen MR) is 114 cm³/mol. The van der Waals surface area contributed by atoms with Gasteiger partial charge in [-0.3, -0.25) is 9.89 Å². The van der Waals surface area contributed by atoms with Crippen molar-refractivity contribution in [3.8, 4) is 5.75 Å². The summed E-state index contributed by atoms with van der Waals surface area (Å²) in [5.74, 6) is -0.303. The number of ether oxygens (including phenoxy) is 1. The number of carbonyl (C=O) groups excluding carboxylic acids is 1. The summed E-state index contributed by atoms with van der Waals surface area (Å²) in [6, 6.07) is 6.91. The second kappa shape index (κ2) is 8.58. The number of thioether (sulfide) groups is 1. The summed E-state index contributed by atoms with van der Waals surface area (Å²) in [5.41, 5.74) is 2.31. The Bertz CT molecular complexity index is 1270. The molecule has 1 aromatic carbocycles. The fourth-order valence-corrected chi connectivity index (χ4v) is 4.39. The molecule has 4 aromatic rings. The molecule has 3 heterocycles. The first kappa shape index (κ1) is 20.4. The second-order valence-electron chi connectivity index (χ2n) is 7.30. The molecule has 1 aliphatic carbocycles. The molecular weight excluding hydrogens is 438 g/mol. The van der Waals surface area contributed by atoms with Crippen LogP contribution in [0, 0.1) is 0 Å². The maximum absolute atomic E-state index is 12.9. The van der Waals surface area contributed by atoms with Gasteiger partial charge < -0.3 is 10.1 Å². The smallest absolute Gasteiger partial charge is 0.387 e. The van der Waals surface area contributed by atoms with Crippen LogP contribution in [0.5, 0.6) is 5.75 Å².